The summed E-state index contributed by atoms with van der Waals surface area (Å²) in [6, 6.07) is 23.7. The molecule has 0 aliphatic carbocycles. The van der Waals surface area contributed by atoms with Crippen LogP contribution in [0.25, 0.3) is 39.0 Å². The van der Waals surface area contributed by atoms with E-state index in [0.29, 0.717) is 23.0 Å². The maximum Gasteiger partial charge on any atom is 0.487 e. The summed E-state index contributed by atoms with van der Waals surface area (Å²) in [6.45, 7) is 7.30. The molecule has 29 heavy (non-hydrogen) atoms. The Kier molecular flexibility index (Phi) is 5.12. The standard InChI is InChI=1S/C22H15BN4O2/c1-24-19-13-17(12-18(14-19)23(28)29)22-26-20(15-8-4-2-5-9-15)25-21(27-22)16-10-6-3-7-11-16/h2-14,28-29H. The molecule has 138 valence electrons. The molecular weight excluding hydrogens is 363 g/mol. The van der Waals surface area contributed by atoms with E-state index in [-0.39, 0.29) is 11.2 Å². The summed E-state index contributed by atoms with van der Waals surface area (Å²) in [4.78, 5) is 17.2. The molecule has 0 unspecified atom stereocenters. The maximum absolute atomic E-state index is 9.58. The summed E-state index contributed by atoms with van der Waals surface area (Å²) in [5, 5.41) is 19.2. The molecule has 0 radical (unpaired) electrons. The van der Waals surface area contributed by atoms with Gasteiger partial charge in [-0.3, -0.25) is 0 Å². The average Bonchev–Trinajstić information content (AvgIpc) is 2.79. The first-order valence-electron chi connectivity index (χ1n) is 8.90. The summed E-state index contributed by atoms with van der Waals surface area (Å²) in [6.07, 6.45) is 0. The molecular formula is C22H15BN4O2. The van der Waals surface area contributed by atoms with Gasteiger partial charge in [0.25, 0.3) is 0 Å². The van der Waals surface area contributed by atoms with Gasteiger partial charge in [-0.25, -0.2) is 19.8 Å². The van der Waals surface area contributed by atoms with Gasteiger partial charge in [0.15, 0.2) is 23.2 Å². The molecule has 6 nitrogen and oxygen atoms in total. The Morgan fingerprint density at radius 3 is 1.59 bits per heavy atom. The Bertz CT molecular complexity index is 1130. The van der Waals surface area contributed by atoms with Crippen LogP contribution in [0.15, 0.2) is 78.9 Å². The fraction of sp³-hybridized carbons (Fsp3) is 0. The summed E-state index contributed by atoms with van der Waals surface area (Å²) >= 11 is 0. The van der Waals surface area contributed by atoms with Crippen molar-refractivity contribution in [1.29, 1.82) is 0 Å². The molecule has 0 saturated carbocycles. The smallest absolute Gasteiger partial charge is 0.423 e. The summed E-state index contributed by atoms with van der Waals surface area (Å²) in [5.41, 5.74) is 2.65. The van der Waals surface area contributed by atoms with E-state index < -0.39 is 7.12 Å². The molecule has 0 saturated heterocycles. The van der Waals surface area contributed by atoms with Crippen LogP contribution >= 0.6 is 0 Å². The van der Waals surface area contributed by atoms with Crippen LogP contribution < -0.4 is 5.46 Å². The second-order valence-corrected chi connectivity index (χ2v) is 6.34. The van der Waals surface area contributed by atoms with Gasteiger partial charge < -0.3 is 10.0 Å². The van der Waals surface area contributed by atoms with Crippen LogP contribution in [-0.4, -0.2) is 32.1 Å². The minimum Gasteiger partial charge on any atom is -0.423 e. The van der Waals surface area contributed by atoms with Crippen molar-refractivity contribution in [3.05, 3.63) is 90.3 Å². The van der Waals surface area contributed by atoms with Crippen molar-refractivity contribution < 1.29 is 10.0 Å². The Hall–Kier alpha value is -3.86. The first-order valence-corrected chi connectivity index (χ1v) is 8.90. The zero-order valence-electron chi connectivity index (χ0n) is 15.3. The second kappa shape index (κ2) is 8.03. The molecule has 3 aromatic carbocycles. The van der Waals surface area contributed by atoms with Gasteiger partial charge in [-0.2, -0.15) is 0 Å². The van der Waals surface area contributed by atoms with E-state index in [9.17, 15) is 10.0 Å². The van der Waals surface area contributed by atoms with Crippen LogP contribution in [0.3, 0.4) is 0 Å². The zero-order valence-corrected chi connectivity index (χ0v) is 15.3. The van der Waals surface area contributed by atoms with Crippen LogP contribution in [0.2, 0.25) is 0 Å². The van der Waals surface area contributed by atoms with Crippen LogP contribution in [0.4, 0.5) is 5.69 Å². The molecule has 1 heterocycles. The molecule has 7 heteroatoms. The average molecular weight is 378 g/mol. The third-order valence-corrected chi connectivity index (χ3v) is 4.32. The Balaban J connectivity index is 1.94. The van der Waals surface area contributed by atoms with Crippen LogP contribution in [0, 0.1) is 6.57 Å². The molecule has 4 aromatic rings. The lowest BCUT2D eigenvalue weighted by molar-refractivity contribution is 0.426. The van der Waals surface area contributed by atoms with Gasteiger partial charge in [0.05, 0.1) is 6.57 Å². The van der Waals surface area contributed by atoms with E-state index in [1.54, 1.807) is 12.1 Å². The highest BCUT2D eigenvalue weighted by Crippen LogP contribution is 2.26. The van der Waals surface area contributed by atoms with E-state index in [2.05, 4.69) is 19.8 Å². The van der Waals surface area contributed by atoms with E-state index in [1.165, 1.54) is 6.07 Å². The molecule has 0 spiro atoms. The predicted octanol–water partition coefficient (Wildman–Crippen LogP) is 3.10. The minimum absolute atomic E-state index is 0.205. The summed E-state index contributed by atoms with van der Waals surface area (Å²) < 4.78 is 0. The number of rotatable bonds is 4. The Morgan fingerprint density at radius 1 is 0.655 bits per heavy atom. The van der Waals surface area contributed by atoms with Crippen molar-refractivity contribution in [3.63, 3.8) is 0 Å². The number of hydrogen-bond acceptors (Lipinski definition) is 5. The van der Waals surface area contributed by atoms with Gasteiger partial charge in [0.1, 0.15) is 0 Å². The third kappa shape index (κ3) is 4.04. The zero-order chi connectivity index (χ0) is 20.2. The van der Waals surface area contributed by atoms with Gasteiger partial charge in [-0.15, -0.1) is 0 Å². The fourth-order valence-electron chi connectivity index (χ4n) is 2.92. The van der Waals surface area contributed by atoms with Crippen molar-refractivity contribution in [2.75, 3.05) is 0 Å². The molecule has 2 N–H and O–H groups in total. The van der Waals surface area contributed by atoms with Gasteiger partial charge in [-0.05, 0) is 11.5 Å². The van der Waals surface area contributed by atoms with Crippen molar-refractivity contribution in [1.82, 2.24) is 15.0 Å². The first kappa shape index (κ1) is 18.5. The van der Waals surface area contributed by atoms with Crippen molar-refractivity contribution in [2.45, 2.75) is 0 Å². The van der Waals surface area contributed by atoms with E-state index in [1.807, 2.05) is 60.7 Å². The van der Waals surface area contributed by atoms with E-state index >= 15 is 0 Å². The van der Waals surface area contributed by atoms with E-state index in [0.717, 1.165) is 11.1 Å². The number of aromatic nitrogens is 3. The molecule has 0 amide bonds. The highest BCUT2D eigenvalue weighted by Gasteiger charge is 2.17. The number of nitrogens with zero attached hydrogens (tertiary/aromatic N) is 4. The summed E-state index contributed by atoms with van der Waals surface area (Å²) in [7, 11) is -1.69. The minimum atomic E-state index is -1.69. The highest BCUT2D eigenvalue weighted by atomic mass is 16.4. The third-order valence-electron chi connectivity index (χ3n) is 4.32. The lowest BCUT2D eigenvalue weighted by Crippen LogP contribution is -2.29. The molecule has 1 aromatic heterocycles. The highest BCUT2D eigenvalue weighted by molar-refractivity contribution is 6.58. The molecule has 0 atom stereocenters. The predicted molar refractivity (Wildman–Crippen MR) is 112 cm³/mol. The quantitative estimate of drug-likeness (QED) is 0.421. The maximum atomic E-state index is 9.58. The molecule has 4 rings (SSSR count). The largest absolute Gasteiger partial charge is 0.487 e. The lowest BCUT2D eigenvalue weighted by Gasteiger charge is -2.10. The molecule has 0 fully saturated rings. The summed E-state index contributed by atoms with van der Waals surface area (Å²) in [5.74, 6) is 1.34. The molecule has 0 bridgehead atoms. The topological polar surface area (TPSA) is 83.5 Å². The van der Waals surface area contributed by atoms with Crippen LogP contribution in [-0.2, 0) is 0 Å². The van der Waals surface area contributed by atoms with Gasteiger partial charge in [-0.1, -0.05) is 72.8 Å². The Morgan fingerprint density at radius 2 is 1.14 bits per heavy atom. The normalized spacial score (nSPS) is 10.4. The fourth-order valence-corrected chi connectivity index (χ4v) is 2.92. The van der Waals surface area contributed by atoms with Crippen molar-refractivity contribution >= 4 is 18.3 Å². The second-order valence-electron chi connectivity index (χ2n) is 6.34. The SMILES string of the molecule is [C-]#[N+]c1cc(B(O)O)cc(-c2nc(-c3ccccc3)nc(-c3ccccc3)n2)c1. The molecule has 0 aliphatic heterocycles. The van der Waals surface area contributed by atoms with Gasteiger partial charge >= 0.3 is 7.12 Å². The van der Waals surface area contributed by atoms with Gasteiger partial charge in [0, 0.05) is 16.7 Å². The number of benzene rings is 3. The van der Waals surface area contributed by atoms with Gasteiger partial charge in [0.2, 0.25) is 0 Å². The molecule has 0 aliphatic rings. The van der Waals surface area contributed by atoms with Crippen LogP contribution in [0.1, 0.15) is 0 Å². The lowest BCUT2D eigenvalue weighted by atomic mass is 9.79. The monoisotopic (exact) mass is 378 g/mol. The van der Waals surface area contributed by atoms with E-state index in [4.69, 9.17) is 6.57 Å². The Labute approximate surface area is 168 Å². The van der Waals surface area contributed by atoms with Crippen molar-refractivity contribution in [3.8, 4) is 34.2 Å². The van der Waals surface area contributed by atoms with Crippen LogP contribution in [0.5, 0.6) is 0 Å². The number of hydrogen-bond donors (Lipinski definition) is 2. The first-order chi connectivity index (χ1) is 14.1. The van der Waals surface area contributed by atoms with Crippen molar-refractivity contribution in [2.24, 2.45) is 0 Å².